The van der Waals surface area contributed by atoms with E-state index in [0.717, 1.165) is 35.4 Å². The lowest BCUT2D eigenvalue weighted by atomic mass is 10.1. The molecular weight excluding hydrogens is 331 g/mol. The topological polar surface area (TPSA) is 30.5 Å². The summed E-state index contributed by atoms with van der Waals surface area (Å²) in [6.45, 7) is 5.98. The predicted octanol–water partition coefficient (Wildman–Crippen LogP) is 4.76. The number of halogens is 3. The molecule has 0 bridgehead atoms. The van der Waals surface area contributed by atoms with E-state index in [9.17, 15) is 13.2 Å². The Hall–Kier alpha value is -2.21. The van der Waals surface area contributed by atoms with Crippen LogP contribution in [-0.2, 0) is 6.54 Å². The molecule has 0 unspecified atom stereocenters. The number of alkyl halides is 3. The second-order valence-electron chi connectivity index (χ2n) is 5.79. The third-order valence-corrected chi connectivity index (χ3v) is 3.64. The molecule has 0 aliphatic carbocycles. The van der Waals surface area contributed by atoms with Crippen LogP contribution in [0.15, 0.2) is 42.5 Å². The lowest BCUT2D eigenvalue weighted by molar-refractivity contribution is -0.274. The van der Waals surface area contributed by atoms with E-state index >= 15 is 0 Å². The Kier molecular flexibility index (Phi) is 6.70. The molecule has 6 heteroatoms. The fourth-order valence-electron chi connectivity index (χ4n) is 2.44. The Bertz CT molecular complexity index is 649. The molecule has 0 radical (unpaired) electrons. The molecule has 2 rings (SSSR count). The second kappa shape index (κ2) is 8.76. The van der Waals surface area contributed by atoms with Crippen LogP contribution in [0.5, 0.6) is 11.5 Å². The van der Waals surface area contributed by atoms with E-state index in [1.54, 1.807) is 12.1 Å². The Labute approximate surface area is 145 Å². The van der Waals surface area contributed by atoms with Crippen molar-refractivity contribution < 1.29 is 22.6 Å². The third kappa shape index (κ3) is 6.66. The van der Waals surface area contributed by atoms with Gasteiger partial charge in [0, 0.05) is 6.54 Å². The molecule has 0 saturated carbocycles. The normalized spacial score (nSPS) is 11.4. The van der Waals surface area contributed by atoms with Crippen LogP contribution in [0.4, 0.5) is 13.2 Å². The Morgan fingerprint density at radius 1 is 0.960 bits per heavy atom. The average molecular weight is 353 g/mol. The second-order valence-corrected chi connectivity index (χ2v) is 5.79. The molecular formula is C19H22F3NO2. The summed E-state index contributed by atoms with van der Waals surface area (Å²) in [7, 11) is 0. The molecule has 0 aliphatic heterocycles. The summed E-state index contributed by atoms with van der Waals surface area (Å²) in [5, 5.41) is 3.24. The van der Waals surface area contributed by atoms with Crippen LogP contribution in [0.3, 0.4) is 0 Å². The molecule has 0 amide bonds. The summed E-state index contributed by atoms with van der Waals surface area (Å²) in [4.78, 5) is 0. The highest BCUT2D eigenvalue weighted by Crippen LogP contribution is 2.23. The molecule has 0 aliphatic rings. The van der Waals surface area contributed by atoms with Crippen molar-refractivity contribution in [1.29, 1.82) is 0 Å². The molecule has 136 valence electrons. The van der Waals surface area contributed by atoms with Gasteiger partial charge in [-0.1, -0.05) is 30.3 Å². The van der Waals surface area contributed by atoms with Crippen molar-refractivity contribution >= 4 is 0 Å². The van der Waals surface area contributed by atoms with Crippen LogP contribution in [0.1, 0.15) is 23.1 Å². The number of para-hydroxylation sites is 1. The van der Waals surface area contributed by atoms with E-state index < -0.39 is 6.36 Å². The van der Waals surface area contributed by atoms with Gasteiger partial charge in [-0.15, -0.1) is 13.2 Å². The third-order valence-electron chi connectivity index (χ3n) is 3.64. The summed E-state index contributed by atoms with van der Waals surface area (Å²) in [6.07, 6.45) is -3.82. The highest BCUT2D eigenvalue weighted by atomic mass is 19.4. The van der Waals surface area contributed by atoms with Gasteiger partial charge in [-0.3, -0.25) is 0 Å². The number of ether oxygens (including phenoxy) is 2. The van der Waals surface area contributed by atoms with E-state index in [2.05, 4.69) is 10.1 Å². The van der Waals surface area contributed by atoms with E-state index in [0.29, 0.717) is 13.2 Å². The highest BCUT2D eigenvalue weighted by molar-refractivity contribution is 5.39. The van der Waals surface area contributed by atoms with E-state index in [1.807, 2.05) is 32.0 Å². The van der Waals surface area contributed by atoms with Crippen LogP contribution in [-0.4, -0.2) is 19.5 Å². The summed E-state index contributed by atoms with van der Waals surface area (Å²) in [5.41, 5.74) is 3.13. The Balaban J connectivity index is 1.66. The maximum atomic E-state index is 12.1. The zero-order valence-corrected chi connectivity index (χ0v) is 14.3. The molecule has 0 aromatic heterocycles. The minimum absolute atomic E-state index is 0.210. The van der Waals surface area contributed by atoms with Crippen molar-refractivity contribution in [2.75, 3.05) is 13.2 Å². The molecule has 0 heterocycles. The van der Waals surface area contributed by atoms with Gasteiger partial charge < -0.3 is 14.8 Å². The maximum absolute atomic E-state index is 12.1. The lowest BCUT2D eigenvalue weighted by Gasteiger charge is -2.12. The van der Waals surface area contributed by atoms with Crippen LogP contribution >= 0.6 is 0 Å². The maximum Gasteiger partial charge on any atom is 0.573 e. The van der Waals surface area contributed by atoms with Gasteiger partial charge in [0.25, 0.3) is 0 Å². The first-order valence-electron chi connectivity index (χ1n) is 8.09. The molecule has 25 heavy (non-hydrogen) atoms. The molecule has 2 aromatic rings. The Morgan fingerprint density at radius 2 is 1.60 bits per heavy atom. The molecule has 2 aromatic carbocycles. The van der Waals surface area contributed by atoms with Crippen molar-refractivity contribution in [3.8, 4) is 11.5 Å². The van der Waals surface area contributed by atoms with Crippen molar-refractivity contribution in [1.82, 2.24) is 5.32 Å². The number of hydrogen-bond acceptors (Lipinski definition) is 3. The van der Waals surface area contributed by atoms with Gasteiger partial charge >= 0.3 is 6.36 Å². The van der Waals surface area contributed by atoms with Gasteiger partial charge in [0.2, 0.25) is 0 Å². The smallest absolute Gasteiger partial charge is 0.493 e. The largest absolute Gasteiger partial charge is 0.573 e. The van der Waals surface area contributed by atoms with Crippen molar-refractivity contribution in [3.05, 3.63) is 59.2 Å². The number of rotatable bonds is 8. The average Bonchev–Trinajstić information content (AvgIpc) is 2.53. The van der Waals surface area contributed by atoms with Crippen molar-refractivity contribution in [3.63, 3.8) is 0 Å². The first-order chi connectivity index (χ1) is 11.8. The van der Waals surface area contributed by atoms with Gasteiger partial charge in [-0.25, -0.2) is 0 Å². The fourth-order valence-corrected chi connectivity index (χ4v) is 2.44. The molecule has 0 spiro atoms. The monoisotopic (exact) mass is 353 g/mol. The van der Waals surface area contributed by atoms with Gasteiger partial charge in [0.15, 0.2) is 0 Å². The van der Waals surface area contributed by atoms with Gasteiger partial charge in [-0.2, -0.15) is 0 Å². The number of aryl methyl sites for hydroxylation is 2. The van der Waals surface area contributed by atoms with E-state index in [-0.39, 0.29) is 5.75 Å². The van der Waals surface area contributed by atoms with Crippen molar-refractivity contribution in [2.24, 2.45) is 0 Å². The first-order valence-corrected chi connectivity index (χ1v) is 8.09. The zero-order chi connectivity index (χ0) is 18.3. The molecule has 3 nitrogen and oxygen atoms in total. The SMILES string of the molecule is Cc1cccc(C)c1OCCCNCc1ccc(OC(F)(F)F)cc1. The Morgan fingerprint density at radius 3 is 2.20 bits per heavy atom. The molecule has 1 N–H and O–H groups in total. The highest BCUT2D eigenvalue weighted by Gasteiger charge is 2.30. The van der Waals surface area contributed by atoms with E-state index in [1.165, 1.54) is 12.1 Å². The van der Waals surface area contributed by atoms with Crippen LogP contribution < -0.4 is 14.8 Å². The molecule has 0 saturated heterocycles. The quantitative estimate of drug-likeness (QED) is 0.694. The minimum atomic E-state index is -4.66. The number of nitrogens with one attached hydrogen (secondary N) is 1. The van der Waals surface area contributed by atoms with Crippen molar-refractivity contribution in [2.45, 2.75) is 33.2 Å². The molecule has 0 atom stereocenters. The van der Waals surface area contributed by atoms with Crippen LogP contribution in [0.2, 0.25) is 0 Å². The van der Waals surface area contributed by atoms with E-state index in [4.69, 9.17) is 4.74 Å². The minimum Gasteiger partial charge on any atom is -0.493 e. The van der Waals surface area contributed by atoms with Gasteiger partial charge in [-0.05, 0) is 55.6 Å². The lowest BCUT2D eigenvalue weighted by Crippen LogP contribution is -2.18. The first kappa shape index (κ1) is 19.1. The summed E-state index contributed by atoms with van der Waals surface area (Å²) < 4.78 is 45.9. The summed E-state index contributed by atoms with van der Waals surface area (Å²) >= 11 is 0. The zero-order valence-electron chi connectivity index (χ0n) is 14.3. The van der Waals surface area contributed by atoms with Gasteiger partial charge in [0.05, 0.1) is 6.61 Å². The van der Waals surface area contributed by atoms with Crippen LogP contribution in [0, 0.1) is 13.8 Å². The van der Waals surface area contributed by atoms with Gasteiger partial charge in [0.1, 0.15) is 11.5 Å². The summed E-state index contributed by atoms with van der Waals surface area (Å²) in [5.74, 6) is 0.723. The predicted molar refractivity (Wildman–Crippen MR) is 90.9 cm³/mol. The van der Waals surface area contributed by atoms with Crippen LogP contribution in [0.25, 0.3) is 0 Å². The fraction of sp³-hybridized carbons (Fsp3) is 0.368. The number of hydrogen-bond donors (Lipinski definition) is 1. The standard InChI is InChI=1S/C19H22F3NO2/c1-14-5-3-6-15(2)18(14)24-12-4-11-23-13-16-7-9-17(10-8-16)25-19(20,21)22/h3,5-10,23H,4,11-13H2,1-2H3. The summed E-state index contributed by atoms with van der Waals surface area (Å²) in [6, 6.07) is 11.9. The molecule has 0 fully saturated rings. The number of benzene rings is 2.